The zero-order chi connectivity index (χ0) is 23.4. The van der Waals surface area contributed by atoms with Crippen molar-refractivity contribution in [2.45, 2.75) is 44.3 Å². The molecule has 3 aromatic rings. The maximum absolute atomic E-state index is 14.9. The average molecular weight is 457 g/mol. The normalized spacial score (nSPS) is 18.2. The Hall–Kier alpha value is -2.99. The van der Waals surface area contributed by atoms with Crippen LogP contribution in [0.3, 0.4) is 0 Å². The summed E-state index contributed by atoms with van der Waals surface area (Å²) >= 11 is 0. The Labute approximate surface area is 192 Å². The zero-order valence-electron chi connectivity index (χ0n) is 18.7. The van der Waals surface area contributed by atoms with Gasteiger partial charge in [0.1, 0.15) is 12.4 Å². The Morgan fingerprint density at radius 1 is 0.818 bits per heavy atom. The third kappa shape index (κ3) is 5.17. The standard InChI is InChI=1S/C27H27F3O3/c1-31-20-9-7-19(8-10-20)23-13-12-22(26(29)27(23)30)18-5-3-17(4-6-18)16-33-21-11-14-25(32-2)24(28)15-21/h3-6,11-15,19-20H,7-10,16H2,1-2H3. The molecule has 1 fully saturated rings. The van der Waals surface area contributed by atoms with Gasteiger partial charge in [0.2, 0.25) is 0 Å². The Kier molecular flexibility index (Phi) is 7.23. The minimum atomic E-state index is -0.820. The van der Waals surface area contributed by atoms with Crippen LogP contribution in [0.15, 0.2) is 54.6 Å². The molecule has 1 aliphatic carbocycles. The SMILES string of the molecule is COc1ccc(OCc2ccc(-c3ccc(C4CCC(OC)CC4)c(F)c3F)cc2)cc1F. The fourth-order valence-electron chi connectivity index (χ4n) is 4.40. The van der Waals surface area contributed by atoms with E-state index in [0.29, 0.717) is 16.9 Å². The molecular formula is C27H27F3O3. The first-order valence-electron chi connectivity index (χ1n) is 11.1. The fourth-order valence-corrected chi connectivity index (χ4v) is 4.40. The quantitative estimate of drug-likeness (QED) is 0.382. The van der Waals surface area contributed by atoms with E-state index in [1.807, 2.05) is 0 Å². The van der Waals surface area contributed by atoms with Crippen molar-refractivity contribution in [2.75, 3.05) is 14.2 Å². The number of hydrogen-bond donors (Lipinski definition) is 0. The first-order chi connectivity index (χ1) is 16.0. The maximum atomic E-state index is 14.9. The molecule has 1 aliphatic rings. The van der Waals surface area contributed by atoms with Crippen molar-refractivity contribution < 1.29 is 27.4 Å². The van der Waals surface area contributed by atoms with Crippen LogP contribution < -0.4 is 9.47 Å². The summed E-state index contributed by atoms with van der Waals surface area (Å²) in [5, 5.41) is 0. The monoisotopic (exact) mass is 456 g/mol. The van der Waals surface area contributed by atoms with Crippen LogP contribution in [0.25, 0.3) is 11.1 Å². The highest BCUT2D eigenvalue weighted by Crippen LogP contribution is 2.37. The Bertz CT molecular complexity index is 1090. The Morgan fingerprint density at radius 2 is 1.55 bits per heavy atom. The molecule has 174 valence electrons. The van der Waals surface area contributed by atoms with Crippen LogP contribution in [-0.2, 0) is 11.3 Å². The molecule has 0 amide bonds. The van der Waals surface area contributed by atoms with Gasteiger partial charge in [0, 0.05) is 18.7 Å². The van der Waals surface area contributed by atoms with Gasteiger partial charge in [-0.3, -0.25) is 0 Å². The van der Waals surface area contributed by atoms with E-state index in [9.17, 15) is 13.2 Å². The summed E-state index contributed by atoms with van der Waals surface area (Å²) in [6.45, 7) is 0.214. The summed E-state index contributed by atoms with van der Waals surface area (Å²) in [5.41, 5.74) is 2.08. The Morgan fingerprint density at radius 3 is 2.18 bits per heavy atom. The van der Waals surface area contributed by atoms with Gasteiger partial charge in [-0.25, -0.2) is 13.2 Å². The van der Waals surface area contributed by atoms with Crippen LogP contribution in [0, 0.1) is 17.5 Å². The third-order valence-electron chi connectivity index (χ3n) is 6.35. The largest absolute Gasteiger partial charge is 0.494 e. The van der Waals surface area contributed by atoms with Gasteiger partial charge in [-0.15, -0.1) is 0 Å². The number of benzene rings is 3. The molecule has 0 bridgehead atoms. The summed E-state index contributed by atoms with van der Waals surface area (Å²) in [6.07, 6.45) is 3.51. The lowest BCUT2D eigenvalue weighted by atomic mass is 9.82. The van der Waals surface area contributed by atoms with Crippen LogP contribution in [0.4, 0.5) is 13.2 Å². The molecule has 0 heterocycles. The molecule has 3 nitrogen and oxygen atoms in total. The lowest BCUT2D eigenvalue weighted by molar-refractivity contribution is 0.0655. The molecular weight excluding hydrogens is 429 g/mol. The third-order valence-corrected chi connectivity index (χ3v) is 6.35. The van der Waals surface area contributed by atoms with E-state index >= 15 is 0 Å². The molecule has 6 heteroatoms. The van der Waals surface area contributed by atoms with Crippen LogP contribution in [0.1, 0.15) is 42.7 Å². The highest BCUT2D eigenvalue weighted by Gasteiger charge is 2.26. The van der Waals surface area contributed by atoms with E-state index in [0.717, 1.165) is 31.2 Å². The van der Waals surface area contributed by atoms with Gasteiger partial charge in [0.05, 0.1) is 13.2 Å². The molecule has 0 N–H and O–H groups in total. The van der Waals surface area contributed by atoms with Gasteiger partial charge in [0.15, 0.2) is 23.2 Å². The summed E-state index contributed by atoms with van der Waals surface area (Å²) < 4.78 is 59.5. The van der Waals surface area contributed by atoms with E-state index in [4.69, 9.17) is 14.2 Å². The van der Waals surface area contributed by atoms with Gasteiger partial charge in [-0.2, -0.15) is 0 Å². The topological polar surface area (TPSA) is 27.7 Å². The predicted molar refractivity (Wildman–Crippen MR) is 121 cm³/mol. The fraction of sp³-hybridized carbons (Fsp3) is 0.333. The van der Waals surface area contributed by atoms with E-state index in [1.165, 1.54) is 19.2 Å². The second kappa shape index (κ2) is 10.3. The van der Waals surface area contributed by atoms with Crippen molar-refractivity contribution >= 4 is 0 Å². The number of ether oxygens (including phenoxy) is 3. The van der Waals surface area contributed by atoms with Crippen molar-refractivity contribution in [3.63, 3.8) is 0 Å². The molecule has 0 spiro atoms. The summed E-state index contributed by atoms with van der Waals surface area (Å²) in [7, 11) is 3.09. The molecule has 0 aromatic heterocycles. The second-order valence-corrected chi connectivity index (χ2v) is 8.32. The second-order valence-electron chi connectivity index (χ2n) is 8.32. The van der Waals surface area contributed by atoms with Crippen molar-refractivity contribution in [2.24, 2.45) is 0 Å². The maximum Gasteiger partial charge on any atom is 0.168 e. The minimum Gasteiger partial charge on any atom is -0.494 e. The van der Waals surface area contributed by atoms with Crippen molar-refractivity contribution in [1.82, 2.24) is 0 Å². The first kappa shape index (κ1) is 23.2. The summed E-state index contributed by atoms with van der Waals surface area (Å²) in [5.74, 6) is -1.54. The van der Waals surface area contributed by atoms with Gasteiger partial charge in [-0.1, -0.05) is 36.4 Å². The Balaban J connectivity index is 1.44. The number of halogens is 3. The summed E-state index contributed by atoms with van der Waals surface area (Å²) in [4.78, 5) is 0. The number of hydrogen-bond acceptors (Lipinski definition) is 3. The first-order valence-corrected chi connectivity index (χ1v) is 11.1. The molecule has 3 aromatic carbocycles. The van der Waals surface area contributed by atoms with Crippen LogP contribution in [-0.4, -0.2) is 20.3 Å². The van der Waals surface area contributed by atoms with Gasteiger partial charge >= 0.3 is 0 Å². The smallest absolute Gasteiger partial charge is 0.168 e. The predicted octanol–water partition coefficient (Wildman–Crippen LogP) is 7.03. The molecule has 0 saturated heterocycles. The average Bonchev–Trinajstić information content (AvgIpc) is 2.85. The zero-order valence-corrected chi connectivity index (χ0v) is 18.7. The van der Waals surface area contributed by atoms with E-state index in [2.05, 4.69) is 0 Å². The van der Waals surface area contributed by atoms with E-state index in [-0.39, 0.29) is 29.9 Å². The van der Waals surface area contributed by atoms with Crippen molar-refractivity contribution in [3.05, 3.63) is 83.2 Å². The molecule has 0 radical (unpaired) electrons. The van der Waals surface area contributed by atoms with E-state index < -0.39 is 17.5 Å². The molecule has 4 rings (SSSR count). The molecule has 1 saturated carbocycles. The number of methoxy groups -OCH3 is 2. The van der Waals surface area contributed by atoms with Gasteiger partial charge in [-0.05, 0) is 60.4 Å². The lowest BCUT2D eigenvalue weighted by Gasteiger charge is -2.28. The van der Waals surface area contributed by atoms with Gasteiger partial charge in [0.25, 0.3) is 0 Å². The van der Waals surface area contributed by atoms with Gasteiger partial charge < -0.3 is 14.2 Å². The highest BCUT2D eigenvalue weighted by molar-refractivity contribution is 5.65. The number of rotatable bonds is 7. The van der Waals surface area contributed by atoms with Crippen molar-refractivity contribution in [1.29, 1.82) is 0 Å². The van der Waals surface area contributed by atoms with Crippen LogP contribution in [0.2, 0.25) is 0 Å². The lowest BCUT2D eigenvalue weighted by Crippen LogP contribution is -2.20. The summed E-state index contributed by atoms with van der Waals surface area (Å²) in [6, 6.07) is 14.8. The molecule has 0 aliphatic heterocycles. The molecule has 0 atom stereocenters. The van der Waals surface area contributed by atoms with Crippen LogP contribution >= 0.6 is 0 Å². The van der Waals surface area contributed by atoms with Crippen LogP contribution in [0.5, 0.6) is 11.5 Å². The highest BCUT2D eigenvalue weighted by atomic mass is 19.2. The van der Waals surface area contributed by atoms with E-state index in [1.54, 1.807) is 49.6 Å². The van der Waals surface area contributed by atoms with Crippen molar-refractivity contribution in [3.8, 4) is 22.6 Å². The minimum absolute atomic E-state index is 0.0160. The molecule has 33 heavy (non-hydrogen) atoms. The molecule has 0 unspecified atom stereocenters.